The average molecular weight is 731 g/mol. The fourth-order valence-corrected chi connectivity index (χ4v) is 6.30. The van der Waals surface area contributed by atoms with Crippen molar-refractivity contribution in [3.05, 3.63) is 97.1 Å². The van der Waals surface area contributed by atoms with E-state index in [2.05, 4.69) is 20.5 Å². The Morgan fingerprint density at radius 1 is 0.480 bits per heavy atom. The first-order chi connectivity index (χ1) is 22.7. The molecule has 14 nitrogen and oxygen atoms in total. The second-order valence-corrected chi connectivity index (χ2v) is 13.3. The number of rotatable bonds is 7. The van der Waals surface area contributed by atoms with Crippen molar-refractivity contribution in [3.63, 3.8) is 0 Å². The summed E-state index contributed by atoms with van der Waals surface area (Å²) in [5.74, 6) is -0.985. The maximum Gasteiger partial charge on any atom is 0.296 e. The van der Waals surface area contributed by atoms with Crippen LogP contribution in [0.3, 0.4) is 0 Å². The largest absolute Gasteiger partial charge is 0.505 e. The summed E-state index contributed by atoms with van der Waals surface area (Å²) in [6, 6.07) is 24.5. The van der Waals surface area contributed by atoms with Crippen molar-refractivity contribution in [1.29, 1.82) is 0 Å². The summed E-state index contributed by atoms with van der Waals surface area (Å²) in [4.78, 5) is -1.27. The molecule has 0 unspecified atom stereocenters. The van der Waals surface area contributed by atoms with Gasteiger partial charge in [0.05, 0.1) is 11.4 Å². The van der Waals surface area contributed by atoms with Crippen molar-refractivity contribution in [2.75, 3.05) is 11.5 Å². The Kier molecular flexibility index (Phi) is 11.8. The van der Waals surface area contributed by atoms with E-state index in [1.807, 2.05) is 0 Å². The molecule has 6 rings (SSSR count). The number of fused-ring (bicyclic) bond motifs is 2. The second-order valence-electron chi connectivity index (χ2n) is 10.5. The Bertz CT molecular complexity index is 2370. The van der Waals surface area contributed by atoms with Crippen LogP contribution >= 0.6 is 0 Å². The van der Waals surface area contributed by atoms with Crippen LogP contribution in [0.2, 0.25) is 0 Å². The molecule has 0 fully saturated rings. The first kappa shape index (κ1) is 38.9. The van der Waals surface area contributed by atoms with E-state index < -0.39 is 52.9 Å². The smallest absolute Gasteiger partial charge is 0.296 e. The van der Waals surface area contributed by atoms with Crippen LogP contribution < -0.4 is 11.5 Å². The number of azo groups is 2. The summed E-state index contributed by atoms with van der Waals surface area (Å²) in [6.07, 6.45) is 0. The Balaban J connectivity index is 0.00000281. The van der Waals surface area contributed by atoms with Gasteiger partial charge in [0.25, 0.3) is 20.2 Å². The zero-order valence-electron chi connectivity index (χ0n) is 26.4. The van der Waals surface area contributed by atoms with Crippen LogP contribution in [0.4, 0.5) is 34.1 Å². The summed E-state index contributed by atoms with van der Waals surface area (Å²) in [6.45, 7) is 0. The fourth-order valence-electron chi connectivity index (χ4n) is 4.98. The number of anilines is 2. The molecule has 6 aromatic carbocycles. The Hall–Kier alpha value is -3.94. The molecule has 2 radical (unpaired) electrons. The van der Waals surface area contributed by atoms with Gasteiger partial charge in [0, 0.05) is 81.3 Å². The summed E-state index contributed by atoms with van der Waals surface area (Å²) < 4.78 is 67.8. The molecule has 0 saturated heterocycles. The van der Waals surface area contributed by atoms with Gasteiger partial charge < -0.3 is 21.7 Å². The first-order valence-electron chi connectivity index (χ1n) is 13.8. The van der Waals surface area contributed by atoms with Gasteiger partial charge in [-0.25, -0.2) is 0 Å². The van der Waals surface area contributed by atoms with Crippen LogP contribution in [0.15, 0.2) is 127 Å². The van der Waals surface area contributed by atoms with Gasteiger partial charge in [0.15, 0.2) is 11.5 Å². The molecule has 0 atom stereocenters. The second kappa shape index (κ2) is 15.1. The number of nitrogens with two attached hydrogens (primary N) is 2. The van der Waals surface area contributed by atoms with Gasteiger partial charge in [0.2, 0.25) is 0 Å². The minimum absolute atomic E-state index is 0. The molecule has 0 heterocycles. The molecule has 18 heteroatoms. The van der Waals surface area contributed by atoms with E-state index in [9.17, 15) is 36.2 Å². The molecule has 0 aromatic heterocycles. The summed E-state index contributed by atoms with van der Waals surface area (Å²) in [5.41, 5.74) is 13.5. The topological polar surface area (TPSA) is 251 Å². The van der Waals surface area contributed by atoms with Gasteiger partial charge >= 0.3 is 0 Å². The monoisotopic (exact) mass is 730 g/mol. The van der Waals surface area contributed by atoms with E-state index in [1.165, 1.54) is 36.4 Å². The summed E-state index contributed by atoms with van der Waals surface area (Å²) in [5, 5.41) is 38.6. The van der Waals surface area contributed by atoms with Gasteiger partial charge in [-0.1, -0.05) is 24.3 Å². The normalized spacial score (nSPS) is 12.0. The number of hydrogen-bond acceptors (Lipinski definition) is 12. The molecule has 0 aliphatic rings. The van der Waals surface area contributed by atoms with Crippen molar-refractivity contribution in [2.45, 2.75) is 9.79 Å². The molecule has 0 aliphatic heterocycles. The van der Waals surface area contributed by atoms with Crippen molar-refractivity contribution >= 4 is 135 Å². The molecular weight excluding hydrogens is 707 g/mol. The number of aromatic hydroxyl groups is 2. The minimum atomic E-state index is -4.78. The molecule has 8 N–H and O–H groups in total. The number of phenols is 2. The molecule has 0 amide bonds. The van der Waals surface area contributed by atoms with E-state index in [0.29, 0.717) is 22.7 Å². The van der Waals surface area contributed by atoms with Gasteiger partial charge in [0.1, 0.15) is 21.2 Å². The molecular formula is C32H24N6Na2O8S2. The number of hydrogen-bond donors (Lipinski definition) is 6. The predicted octanol–water partition coefficient (Wildman–Crippen LogP) is 6.80. The van der Waals surface area contributed by atoms with Gasteiger partial charge in [-0.05, 0) is 94.7 Å². The Morgan fingerprint density at radius 3 is 1.14 bits per heavy atom. The quantitative estimate of drug-likeness (QED) is 0.0434. The maximum absolute atomic E-state index is 12.1. The summed E-state index contributed by atoms with van der Waals surface area (Å²) in [7, 11) is -9.55. The van der Waals surface area contributed by atoms with E-state index in [4.69, 9.17) is 11.5 Å². The van der Waals surface area contributed by atoms with Gasteiger partial charge in [-0.2, -0.15) is 27.1 Å². The SMILES string of the molecule is Nc1ccc2c(O)c(N=Nc3ccc(-c4ccc(N=Nc5c(S(=O)(=O)O)cc6cc(N)ccc6c5O)cc4)cc3)c(S(=O)(=O)O)cc2c1.[Na].[Na]. The maximum atomic E-state index is 12.1. The number of nitrogen functional groups attached to an aromatic ring is 2. The summed E-state index contributed by atoms with van der Waals surface area (Å²) >= 11 is 0. The Labute approximate surface area is 329 Å². The third-order valence-electron chi connectivity index (χ3n) is 7.30. The fraction of sp³-hybridized carbons (Fsp3) is 0. The molecule has 0 bridgehead atoms. The van der Waals surface area contributed by atoms with Crippen LogP contribution in [-0.4, -0.2) is 95.3 Å². The van der Waals surface area contributed by atoms with Gasteiger partial charge in [-0.15, -0.1) is 10.2 Å². The van der Waals surface area contributed by atoms with Crippen LogP contribution in [-0.2, 0) is 20.2 Å². The zero-order chi connectivity index (χ0) is 34.4. The van der Waals surface area contributed by atoms with Crippen LogP contribution in [0, 0.1) is 0 Å². The van der Waals surface area contributed by atoms with Crippen molar-refractivity contribution in [3.8, 4) is 22.6 Å². The van der Waals surface area contributed by atoms with E-state index >= 15 is 0 Å². The van der Waals surface area contributed by atoms with Crippen LogP contribution in [0.5, 0.6) is 11.5 Å². The zero-order valence-corrected chi connectivity index (χ0v) is 32.1. The molecule has 0 saturated carbocycles. The number of benzene rings is 6. The van der Waals surface area contributed by atoms with E-state index in [0.717, 1.165) is 23.3 Å². The molecule has 6 aromatic rings. The van der Waals surface area contributed by atoms with E-state index in [-0.39, 0.29) is 80.7 Å². The molecule has 50 heavy (non-hydrogen) atoms. The van der Waals surface area contributed by atoms with Crippen LogP contribution in [0.25, 0.3) is 32.7 Å². The van der Waals surface area contributed by atoms with Gasteiger partial charge in [-0.3, -0.25) is 9.11 Å². The standard InChI is InChI=1S/C32H24N6O8S2.2Na/c33-21-5-11-25-19(13-21)15-27(47(41,42)43)29(31(25)39)37-35-23-7-1-17(2-8-23)18-3-9-24(10-4-18)36-38-30-28(48(44,45)46)16-20-14-22(34)6-12-26(20)32(30)40;;/h1-16,39-40H,33-34H2,(H,41,42,43)(H,44,45,46);;. The Morgan fingerprint density at radius 2 is 0.820 bits per heavy atom. The third kappa shape index (κ3) is 8.16. The minimum Gasteiger partial charge on any atom is -0.505 e. The van der Waals surface area contributed by atoms with E-state index in [1.54, 1.807) is 48.5 Å². The molecule has 0 aliphatic carbocycles. The average Bonchev–Trinajstić information content (AvgIpc) is 3.03. The molecule has 244 valence electrons. The third-order valence-corrected chi connectivity index (χ3v) is 9.04. The van der Waals surface area contributed by atoms with Crippen molar-refractivity contribution in [2.24, 2.45) is 20.5 Å². The van der Waals surface area contributed by atoms with Crippen molar-refractivity contribution < 1.29 is 36.2 Å². The van der Waals surface area contributed by atoms with Crippen molar-refractivity contribution in [1.82, 2.24) is 0 Å². The molecule has 0 spiro atoms. The first-order valence-corrected chi connectivity index (χ1v) is 16.7. The predicted molar refractivity (Wildman–Crippen MR) is 191 cm³/mol. The number of nitrogens with zero attached hydrogens (tertiary/aromatic N) is 4. The number of phenolic OH excluding ortho intramolecular Hbond substituents is 2. The van der Waals surface area contributed by atoms with Crippen LogP contribution in [0.1, 0.15) is 0 Å².